The molecule has 0 spiro atoms. The van der Waals surface area contributed by atoms with Crippen LogP contribution in [0.3, 0.4) is 0 Å². The summed E-state index contributed by atoms with van der Waals surface area (Å²) >= 11 is 0. The van der Waals surface area contributed by atoms with E-state index in [4.69, 9.17) is 9.84 Å². The highest BCUT2D eigenvalue weighted by molar-refractivity contribution is 5.41. The van der Waals surface area contributed by atoms with E-state index in [0.717, 1.165) is 5.56 Å². The lowest BCUT2D eigenvalue weighted by molar-refractivity contribution is 0.274. The van der Waals surface area contributed by atoms with Gasteiger partial charge in [0.05, 0.1) is 6.61 Å². The first-order chi connectivity index (χ1) is 8.22. The lowest BCUT2D eigenvalue weighted by atomic mass is 10.2. The summed E-state index contributed by atoms with van der Waals surface area (Å²) in [5, 5.41) is 9.14. The van der Waals surface area contributed by atoms with Gasteiger partial charge in [0.15, 0.2) is 11.6 Å². The maximum absolute atomic E-state index is 13.6. The number of aryl methyl sites for hydroxylation is 1. The van der Waals surface area contributed by atoms with Gasteiger partial charge in [0, 0.05) is 5.56 Å². The van der Waals surface area contributed by atoms with Crippen LogP contribution in [-0.4, -0.2) is 5.11 Å². The van der Waals surface area contributed by atoms with Crippen molar-refractivity contribution in [3.8, 4) is 11.5 Å². The van der Waals surface area contributed by atoms with E-state index in [0.29, 0.717) is 11.3 Å². The van der Waals surface area contributed by atoms with Crippen LogP contribution in [0.25, 0.3) is 0 Å². The summed E-state index contributed by atoms with van der Waals surface area (Å²) in [6.45, 7) is 1.63. The third-order valence-electron chi connectivity index (χ3n) is 2.52. The van der Waals surface area contributed by atoms with Gasteiger partial charge in [-0.2, -0.15) is 0 Å². The highest BCUT2D eigenvalue weighted by Crippen LogP contribution is 2.30. The molecule has 17 heavy (non-hydrogen) atoms. The molecular formula is C14H13FO2. The van der Waals surface area contributed by atoms with Crippen LogP contribution in [0.2, 0.25) is 0 Å². The minimum Gasteiger partial charge on any atom is -0.454 e. The molecule has 0 aliphatic heterocycles. The molecule has 2 rings (SSSR count). The number of aliphatic hydroxyl groups excluding tert-OH is 1. The third-order valence-corrected chi connectivity index (χ3v) is 2.52. The van der Waals surface area contributed by atoms with E-state index >= 15 is 0 Å². The average Bonchev–Trinajstić information content (AvgIpc) is 2.34. The molecule has 2 aromatic carbocycles. The molecular weight excluding hydrogens is 219 g/mol. The molecule has 2 aromatic rings. The van der Waals surface area contributed by atoms with E-state index < -0.39 is 5.82 Å². The number of para-hydroxylation sites is 2. The summed E-state index contributed by atoms with van der Waals surface area (Å²) in [6.07, 6.45) is 0. The van der Waals surface area contributed by atoms with Crippen molar-refractivity contribution < 1.29 is 14.2 Å². The van der Waals surface area contributed by atoms with Crippen LogP contribution in [0, 0.1) is 12.7 Å². The number of aliphatic hydroxyl groups is 1. The van der Waals surface area contributed by atoms with Crippen molar-refractivity contribution >= 4 is 0 Å². The Morgan fingerprint density at radius 1 is 1.12 bits per heavy atom. The molecule has 1 N–H and O–H groups in total. The third kappa shape index (κ3) is 2.45. The minimum atomic E-state index is -0.472. The molecule has 0 aliphatic rings. The van der Waals surface area contributed by atoms with Crippen molar-refractivity contribution in [3.63, 3.8) is 0 Å². The zero-order valence-corrected chi connectivity index (χ0v) is 9.48. The number of benzene rings is 2. The maximum atomic E-state index is 13.6. The highest BCUT2D eigenvalue weighted by atomic mass is 19.1. The number of ether oxygens (including phenoxy) is 1. The number of halogens is 1. The number of hydrogen-bond donors (Lipinski definition) is 1. The topological polar surface area (TPSA) is 29.5 Å². The van der Waals surface area contributed by atoms with Gasteiger partial charge in [-0.05, 0) is 24.6 Å². The van der Waals surface area contributed by atoms with Crippen molar-refractivity contribution in [1.29, 1.82) is 0 Å². The van der Waals surface area contributed by atoms with Crippen LogP contribution in [0.5, 0.6) is 11.5 Å². The van der Waals surface area contributed by atoms with Crippen LogP contribution in [0.1, 0.15) is 11.1 Å². The quantitative estimate of drug-likeness (QED) is 0.878. The van der Waals surface area contributed by atoms with Crippen molar-refractivity contribution in [1.82, 2.24) is 0 Å². The molecule has 0 atom stereocenters. The number of rotatable bonds is 3. The molecule has 0 aromatic heterocycles. The van der Waals surface area contributed by atoms with Crippen LogP contribution >= 0.6 is 0 Å². The highest BCUT2D eigenvalue weighted by Gasteiger charge is 2.11. The van der Waals surface area contributed by atoms with Crippen molar-refractivity contribution in [2.45, 2.75) is 13.5 Å². The Morgan fingerprint density at radius 2 is 1.88 bits per heavy atom. The summed E-state index contributed by atoms with van der Waals surface area (Å²) in [5.41, 5.74) is 1.35. The van der Waals surface area contributed by atoms with Gasteiger partial charge in [-0.15, -0.1) is 0 Å². The van der Waals surface area contributed by atoms with Gasteiger partial charge in [-0.1, -0.05) is 30.3 Å². The molecule has 0 fully saturated rings. The fourth-order valence-corrected chi connectivity index (χ4v) is 1.57. The Morgan fingerprint density at radius 3 is 2.59 bits per heavy atom. The second kappa shape index (κ2) is 4.97. The van der Waals surface area contributed by atoms with E-state index in [1.54, 1.807) is 18.2 Å². The Balaban J connectivity index is 2.39. The van der Waals surface area contributed by atoms with Crippen LogP contribution in [0.4, 0.5) is 4.39 Å². The fourth-order valence-electron chi connectivity index (χ4n) is 1.57. The molecule has 0 unspecified atom stereocenters. The van der Waals surface area contributed by atoms with Crippen LogP contribution in [-0.2, 0) is 6.61 Å². The molecule has 0 bridgehead atoms. The molecule has 2 nitrogen and oxygen atoms in total. The van der Waals surface area contributed by atoms with Gasteiger partial charge in [-0.25, -0.2) is 4.39 Å². The predicted octanol–water partition coefficient (Wildman–Crippen LogP) is 3.42. The average molecular weight is 232 g/mol. The van der Waals surface area contributed by atoms with Crippen molar-refractivity contribution in [3.05, 3.63) is 59.4 Å². The summed E-state index contributed by atoms with van der Waals surface area (Å²) in [7, 11) is 0. The standard InChI is InChI=1S/C14H13FO2/c1-10-5-2-3-8-13(10)17-14-11(9-16)6-4-7-12(14)15/h2-8,16H,9H2,1H3. The van der Waals surface area contributed by atoms with Gasteiger partial charge < -0.3 is 9.84 Å². The number of hydrogen-bond acceptors (Lipinski definition) is 2. The first kappa shape index (κ1) is 11.6. The Labute approximate surface area is 99.3 Å². The summed E-state index contributed by atoms with van der Waals surface area (Å²) in [6, 6.07) is 11.9. The van der Waals surface area contributed by atoms with Crippen LogP contribution in [0.15, 0.2) is 42.5 Å². The first-order valence-corrected chi connectivity index (χ1v) is 5.34. The molecule has 88 valence electrons. The van der Waals surface area contributed by atoms with Gasteiger partial charge >= 0.3 is 0 Å². The van der Waals surface area contributed by atoms with Gasteiger partial charge in [0.25, 0.3) is 0 Å². The molecule has 3 heteroatoms. The van der Waals surface area contributed by atoms with E-state index in [1.165, 1.54) is 6.07 Å². The first-order valence-electron chi connectivity index (χ1n) is 5.34. The van der Waals surface area contributed by atoms with E-state index in [-0.39, 0.29) is 12.4 Å². The normalized spacial score (nSPS) is 10.3. The van der Waals surface area contributed by atoms with E-state index in [1.807, 2.05) is 25.1 Å². The van der Waals surface area contributed by atoms with Crippen molar-refractivity contribution in [2.24, 2.45) is 0 Å². The second-order valence-corrected chi connectivity index (χ2v) is 3.75. The minimum absolute atomic E-state index is 0.0873. The fraction of sp³-hybridized carbons (Fsp3) is 0.143. The molecule has 0 saturated heterocycles. The van der Waals surface area contributed by atoms with Gasteiger partial charge in [-0.3, -0.25) is 0 Å². The van der Waals surface area contributed by atoms with Gasteiger partial charge in [0.2, 0.25) is 0 Å². The van der Waals surface area contributed by atoms with Crippen molar-refractivity contribution in [2.75, 3.05) is 0 Å². The Kier molecular flexibility index (Phi) is 3.40. The SMILES string of the molecule is Cc1ccccc1Oc1c(F)cccc1CO. The van der Waals surface area contributed by atoms with Gasteiger partial charge in [0.1, 0.15) is 5.75 Å². The summed E-state index contributed by atoms with van der Waals surface area (Å²) in [5.74, 6) is 0.205. The lowest BCUT2D eigenvalue weighted by Crippen LogP contribution is -1.96. The zero-order chi connectivity index (χ0) is 12.3. The zero-order valence-electron chi connectivity index (χ0n) is 9.48. The van der Waals surface area contributed by atoms with Crippen LogP contribution < -0.4 is 4.74 Å². The predicted molar refractivity (Wildman–Crippen MR) is 63.6 cm³/mol. The molecule has 0 aliphatic carbocycles. The molecule has 0 saturated carbocycles. The second-order valence-electron chi connectivity index (χ2n) is 3.75. The van der Waals surface area contributed by atoms with E-state index in [9.17, 15) is 4.39 Å². The summed E-state index contributed by atoms with van der Waals surface area (Å²) < 4.78 is 19.1. The monoisotopic (exact) mass is 232 g/mol. The largest absolute Gasteiger partial charge is 0.454 e. The molecule has 0 amide bonds. The molecule has 0 heterocycles. The summed E-state index contributed by atoms with van der Waals surface area (Å²) in [4.78, 5) is 0. The van der Waals surface area contributed by atoms with E-state index in [2.05, 4.69) is 0 Å². The maximum Gasteiger partial charge on any atom is 0.168 e. The Hall–Kier alpha value is -1.87. The molecule has 0 radical (unpaired) electrons. The smallest absolute Gasteiger partial charge is 0.168 e. The Bertz CT molecular complexity index is 523. The lowest BCUT2D eigenvalue weighted by Gasteiger charge is -2.12.